The van der Waals surface area contributed by atoms with E-state index in [2.05, 4.69) is 18.7 Å². The SMILES string of the molecule is CC(C)CN(CCC1(N)CCC1)C1CC1. The van der Waals surface area contributed by atoms with Crippen molar-refractivity contribution in [2.24, 2.45) is 11.7 Å². The molecule has 0 aromatic rings. The molecule has 2 fully saturated rings. The van der Waals surface area contributed by atoms with Gasteiger partial charge in [-0.3, -0.25) is 0 Å². The Morgan fingerprint density at radius 3 is 2.40 bits per heavy atom. The molecule has 88 valence electrons. The lowest BCUT2D eigenvalue weighted by Gasteiger charge is -2.40. The second-order valence-electron chi connectivity index (χ2n) is 6.09. The fraction of sp³-hybridized carbons (Fsp3) is 1.00. The van der Waals surface area contributed by atoms with E-state index in [1.54, 1.807) is 0 Å². The van der Waals surface area contributed by atoms with Crippen LogP contribution in [0.1, 0.15) is 52.4 Å². The summed E-state index contributed by atoms with van der Waals surface area (Å²) in [4.78, 5) is 2.68. The first-order chi connectivity index (χ1) is 7.09. The predicted molar refractivity (Wildman–Crippen MR) is 64.8 cm³/mol. The van der Waals surface area contributed by atoms with E-state index >= 15 is 0 Å². The molecule has 0 unspecified atom stereocenters. The largest absolute Gasteiger partial charge is 0.325 e. The van der Waals surface area contributed by atoms with Gasteiger partial charge in [0.25, 0.3) is 0 Å². The molecule has 2 aliphatic rings. The molecule has 0 bridgehead atoms. The third-order valence-electron chi connectivity index (χ3n) is 3.91. The van der Waals surface area contributed by atoms with Crippen LogP contribution in [-0.4, -0.2) is 29.6 Å². The van der Waals surface area contributed by atoms with Gasteiger partial charge in [-0.1, -0.05) is 13.8 Å². The van der Waals surface area contributed by atoms with Gasteiger partial charge < -0.3 is 10.6 Å². The normalized spacial score (nSPS) is 24.6. The van der Waals surface area contributed by atoms with Gasteiger partial charge in [0.2, 0.25) is 0 Å². The molecule has 0 amide bonds. The summed E-state index contributed by atoms with van der Waals surface area (Å²) >= 11 is 0. The molecule has 0 saturated heterocycles. The van der Waals surface area contributed by atoms with Gasteiger partial charge in [0.1, 0.15) is 0 Å². The topological polar surface area (TPSA) is 29.3 Å². The van der Waals surface area contributed by atoms with Gasteiger partial charge in [-0.2, -0.15) is 0 Å². The fourth-order valence-corrected chi connectivity index (χ4v) is 2.58. The van der Waals surface area contributed by atoms with Crippen LogP contribution >= 0.6 is 0 Å². The zero-order valence-electron chi connectivity index (χ0n) is 10.3. The first kappa shape index (κ1) is 11.4. The van der Waals surface area contributed by atoms with Crippen molar-refractivity contribution in [3.8, 4) is 0 Å². The van der Waals surface area contributed by atoms with Crippen LogP contribution in [0.2, 0.25) is 0 Å². The Bertz CT molecular complexity index is 205. The summed E-state index contributed by atoms with van der Waals surface area (Å²) < 4.78 is 0. The van der Waals surface area contributed by atoms with Crippen molar-refractivity contribution in [1.29, 1.82) is 0 Å². The molecule has 2 saturated carbocycles. The Morgan fingerprint density at radius 2 is 2.00 bits per heavy atom. The smallest absolute Gasteiger partial charge is 0.0166 e. The second kappa shape index (κ2) is 4.42. The lowest BCUT2D eigenvalue weighted by molar-refractivity contribution is 0.166. The number of nitrogens with two attached hydrogens (primary N) is 1. The van der Waals surface area contributed by atoms with Crippen molar-refractivity contribution < 1.29 is 0 Å². The minimum Gasteiger partial charge on any atom is -0.325 e. The van der Waals surface area contributed by atoms with Crippen LogP contribution < -0.4 is 5.73 Å². The van der Waals surface area contributed by atoms with E-state index in [0.29, 0.717) is 0 Å². The molecule has 0 radical (unpaired) electrons. The van der Waals surface area contributed by atoms with Crippen molar-refractivity contribution in [1.82, 2.24) is 4.90 Å². The quantitative estimate of drug-likeness (QED) is 0.729. The van der Waals surface area contributed by atoms with E-state index in [0.717, 1.165) is 12.0 Å². The van der Waals surface area contributed by atoms with Crippen molar-refractivity contribution in [2.75, 3.05) is 13.1 Å². The Kier molecular flexibility index (Phi) is 3.36. The highest BCUT2D eigenvalue weighted by Crippen LogP contribution is 2.34. The molecule has 2 rings (SSSR count). The Morgan fingerprint density at radius 1 is 1.33 bits per heavy atom. The van der Waals surface area contributed by atoms with E-state index in [9.17, 15) is 0 Å². The molecular formula is C13H26N2. The zero-order chi connectivity index (χ0) is 10.9. The highest BCUT2D eigenvalue weighted by molar-refractivity contribution is 4.94. The Labute approximate surface area is 94.2 Å². The third kappa shape index (κ3) is 3.18. The predicted octanol–water partition coefficient (Wildman–Crippen LogP) is 2.38. The van der Waals surface area contributed by atoms with Crippen LogP contribution in [0.15, 0.2) is 0 Å². The standard InChI is InChI=1S/C13H26N2/c1-11(2)10-15(12-4-5-12)9-8-13(14)6-3-7-13/h11-12H,3-10,14H2,1-2H3. The summed E-state index contributed by atoms with van der Waals surface area (Å²) in [5, 5.41) is 0. The van der Waals surface area contributed by atoms with Crippen LogP contribution in [0.3, 0.4) is 0 Å². The van der Waals surface area contributed by atoms with Crippen LogP contribution in [0.5, 0.6) is 0 Å². The minimum absolute atomic E-state index is 0.212. The van der Waals surface area contributed by atoms with Crippen LogP contribution in [0.4, 0.5) is 0 Å². The number of rotatable bonds is 6. The van der Waals surface area contributed by atoms with Gasteiger partial charge in [-0.05, 0) is 44.4 Å². The molecule has 0 aromatic carbocycles. The van der Waals surface area contributed by atoms with E-state index in [4.69, 9.17) is 5.73 Å². The molecule has 0 spiro atoms. The number of nitrogens with zero attached hydrogens (tertiary/aromatic N) is 1. The summed E-state index contributed by atoms with van der Waals surface area (Å²) in [7, 11) is 0. The minimum atomic E-state index is 0.212. The summed E-state index contributed by atoms with van der Waals surface area (Å²) in [5.41, 5.74) is 6.49. The van der Waals surface area contributed by atoms with Gasteiger partial charge in [-0.25, -0.2) is 0 Å². The monoisotopic (exact) mass is 210 g/mol. The first-order valence-corrected chi connectivity index (χ1v) is 6.62. The molecule has 2 N–H and O–H groups in total. The average Bonchev–Trinajstić information content (AvgIpc) is 2.91. The maximum absolute atomic E-state index is 6.28. The molecule has 2 aliphatic carbocycles. The summed E-state index contributed by atoms with van der Waals surface area (Å²) in [5.74, 6) is 0.792. The maximum atomic E-state index is 6.28. The summed E-state index contributed by atoms with van der Waals surface area (Å²) in [6.45, 7) is 7.13. The fourth-order valence-electron chi connectivity index (χ4n) is 2.58. The molecule has 2 heteroatoms. The van der Waals surface area contributed by atoms with E-state index in [-0.39, 0.29) is 5.54 Å². The molecule has 0 atom stereocenters. The van der Waals surface area contributed by atoms with E-state index in [1.165, 1.54) is 51.6 Å². The van der Waals surface area contributed by atoms with Crippen molar-refractivity contribution in [3.05, 3.63) is 0 Å². The van der Waals surface area contributed by atoms with Gasteiger partial charge in [-0.15, -0.1) is 0 Å². The Balaban J connectivity index is 1.73. The van der Waals surface area contributed by atoms with Crippen LogP contribution in [0.25, 0.3) is 0 Å². The lowest BCUT2D eigenvalue weighted by atomic mass is 9.75. The lowest BCUT2D eigenvalue weighted by Crippen LogP contribution is -2.49. The molecule has 0 aliphatic heterocycles. The number of hydrogen-bond donors (Lipinski definition) is 1. The van der Waals surface area contributed by atoms with Crippen LogP contribution in [0, 0.1) is 5.92 Å². The summed E-state index contributed by atoms with van der Waals surface area (Å²) in [6, 6.07) is 0.899. The van der Waals surface area contributed by atoms with Gasteiger partial charge in [0.05, 0.1) is 0 Å². The van der Waals surface area contributed by atoms with Crippen molar-refractivity contribution in [2.45, 2.75) is 64.0 Å². The van der Waals surface area contributed by atoms with Gasteiger partial charge in [0, 0.05) is 24.7 Å². The first-order valence-electron chi connectivity index (χ1n) is 6.62. The highest BCUT2D eigenvalue weighted by atomic mass is 15.2. The third-order valence-corrected chi connectivity index (χ3v) is 3.91. The molecular weight excluding hydrogens is 184 g/mol. The molecule has 0 heterocycles. The molecule has 0 aromatic heterocycles. The zero-order valence-corrected chi connectivity index (χ0v) is 10.3. The molecule has 15 heavy (non-hydrogen) atoms. The Hall–Kier alpha value is -0.0800. The van der Waals surface area contributed by atoms with E-state index < -0.39 is 0 Å². The maximum Gasteiger partial charge on any atom is 0.0166 e. The number of hydrogen-bond acceptors (Lipinski definition) is 2. The van der Waals surface area contributed by atoms with Crippen molar-refractivity contribution >= 4 is 0 Å². The van der Waals surface area contributed by atoms with Crippen molar-refractivity contribution in [3.63, 3.8) is 0 Å². The second-order valence-corrected chi connectivity index (χ2v) is 6.09. The summed E-state index contributed by atoms with van der Waals surface area (Å²) in [6.07, 6.45) is 7.93. The van der Waals surface area contributed by atoms with Gasteiger partial charge in [0.15, 0.2) is 0 Å². The highest BCUT2D eigenvalue weighted by Gasteiger charge is 2.35. The molecule has 2 nitrogen and oxygen atoms in total. The van der Waals surface area contributed by atoms with Gasteiger partial charge >= 0.3 is 0 Å². The average molecular weight is 210 g/mol. The van der Waals surface area contributed by atoms with Crippen LogP contribution in [-0.2, 0) is 0 Å². The van der Waals surface area contributed by atoms with E-state index in [1.807, 2.05) is 0 Å².